The first-order valence-corrected chi connectivity index (χ1v) is 7.94. The largest absolute Gasteiger partial charge is 0.348 e. The minimum absolute atomic E-state index is 0.0780. The van der Waals surface area contributed by atoms with E-state index < -0.39 is 0 Å². The summed E-state index contributed by atoms with van der Waals surface area (Å²) in [6.07, 6.45) is 2.03. The molecular weight excluding hydrogens is 327 g/mol. The molecule has 0 spiro atoms. The molecule has 2 aromatic heterocycles. The summed E-state index contributed by atoms with van der Waals surface area (Å²) in [4.78, 5) is 16.5. The number of carbonyl (C=O) groups is 1. The van der Waals surface area contributed by atoms with Gasteiger partial charge in [0.2, 0.25) is 5.91 Å². The van der Waals surface area contributed by atoms with E-state index in [0.717, 1.165) is 24.2 Å². The van der Waals surface area contributed by atoms with E-state index in [1.54, 1.807) is 12.1 Å². The fraction of sp³-hybridized carbons (Fsp3) is 0.312. The van der Waals surface area contributed by atoms with Gasteiger partial charge in [0.25, 0.3) is 5.89 Å². The maximum Gasteiger partial charge on any atom is 0.258 e. The Balaban J connectivity index is 1.37. The fourth-order valence-electron chi connectivity index (χ4n) is 2.88. The molecule has 1 aliphatic carbocycles. The van der Waals surface area contributed by atoms with Crippen LogP contribution in [0.15, 0.2) is 28.8 Å². The molecule has 0 saturated carbocycles. The zero-order valence-corrected chi connectivity index (χ0v) is 13.2. The highest BCUT2D eigenvalue weighted by molar-refractivity contribution is 5.79. The van der Waals surface area contributed by atoms with Gasteiger partial charge in [-0.2, -0.15) is 20.4 Å². The monoisotopic (exact) mass is 342 g/mol. The van der Waals surface area contributed by atoms with Gasteiger partial charge >= 0.3 is 0 Å². The molecule has 128 valence electrons. The number of amides is 1. The van der Waals surface area contributed by atoms with Crippen LogP contribution in [-0.2, 0) is 24.2 Å². The van der Waals surface area contributed by atoms with Crippen molar-refractivity contribution in [3.63, 3.8) is 0 Å². The number of aromatic nitrogens is 5. The first-order valence-electron chi connectivity index (χ1n) is 7.94. The van der Waals surface area contributed by atoms with E-state index in [0.29, 0.717) is 17.8 Å². The predicted molar refractivity (Wildman–Crippen MR) is 83.4 cm³/mol. The molecule has 1 amide bonds. The zero-order valence-electron chi connectivity index (χ0n) is 13.2. The molecule has 1 unspecified atom stereocenters. The van der Waals surface area contributed by atoms with Crippen molar-refractivity contribution < 1.29 is 13.7 Å². The van der Waals surface area contributed by atoms with Crippen LogP contribution in [0.3, 0.4) is 0 Å². The lowest BCUT2D eigenvalue weighted by Crippen LogP contribution is -2.34. The fourth-order valence-corrected chi connectivity index (χ4v) is 2.88. The summed E-state index contributed by atoms with van der Waals surface area (Å²) in [5.74, 6) is -0.0489. The van der Waals surface area contributed by atoms with E-state index >= 15 is 0 Å². The molecule has 1 atom stereocenters. The number of H-pyrrole nitrogens is 1. The van der Waals surface area contributed by atoms with Crippen LogP contribution >= 0.6 is 0 Å². The number of rotatable bonds is 4. The SMILES string of the molecule is O=C(NCc1noc(-c2cccc(F)c2)n1)C1CCc2n[nH]nc2C1. The lowest BCUT2D eigenvalue weighted by molar-refractivity contribution is -0.125. The lowest BCUT2D eigenvalue weighted by Gasteiger charge is -2.19. The van der Waals surface area contributed by atoms with Crippen molar-refractivity contribution >= 4 is 5.91 Å². The summed E-state index contributed by atoms with van der Waals surface area (Å²) in [5, 5.41) is 17.3. The van der Waals surface area contributed by atoms with Crippen molar-refractivity contribution in [1.29, 1.82) is 0 Å². The Morgan fingerprint density at radius 1 is 1.36 bits per heavy atom. The second-order valence-corrected chi connectivity index (χ2v) is 5.90. The average molecular weight is 342 g/mol. The van der Waals surface area contributed by atoms with Gasteiger partial charge in [0, 0.05) is 17.9 Å². The molecule has 25 heavy (non-hydrogen) atoms. The van der Waals surface area contributed by atoms with Crippen LogP contribution in [-0.4, -0.2) is 31.5 Å². The van der Waals surface area contributed by atoms with Crippen LogP contribution in [0, 0.1) is 11.7 Å². The van der Waals surface area contributed by atoms with Crippen molar-refractivity contribution in [3.8, 4) is 11.5 Å². The van der Waals surface area contributed by atoms with Gasteiger partial charge in [0.15, 0.2) is 5.82 Å². The van der Waals surface area contributed by atoms with Crippen LogP contribution in [0.2, 0.25) is 0 Å². The van der Waals surface area contributed by atoms with Gasteiger partial charge in [-0.05, 0) is 31.0 Å². The topological polar surface area (TPSA) is 110 Å². The van der Waals surface area contributed by atoms with Crippen molar-refractivity contribution in [1.82, 2.24) is 30.9 Å². The zero-order chi connectivity index (χ0) is 17.2. The number of benzene rings is 1. The summed E-state index contributed by atoms with van der Waals surface area (Å²) < 4.78 is 18.4. The Hall–Kier alpha value is -3.10. The van der Waals surface area contributed by atoms with E-state index in [1.165, 1.54) is 12.1 Å². The van der Waals surface area contributed by atoms with Gasteiger partial charge < -0.3 is 9.84 Å². The predicted octanol–water partition coefficient (Wildman–Crippen LogP) is 1.42. The number of hydrogen-bond donors (Lipinski definition) is 2. The minimum atomic E-state index is -0.380. The Bertz CT molecular complexity index is 905. The Kier molecular flexibility index (Phi) is 3.96. The first-order chi connectivity index (χ1) is 12.2. The molecule has 2 N–H and O–H groups in total. The summed E-state index contributed by atoms with van der Waals surface area (Å²) in [7, 11) is 0. The number of nitrogens with one attached hydrogen (secondary N) is 2. The van der Waals surface area contributed by atoms with E-state index in [-0.39, 0.29) is 30.1 Å². The number of fused-ring (bicyclic) bond motifs is 1. The van der Waals surface area contributed by atoms with Crippen molar-refractivity contribution in [3.05, 3.63) is 47.3 Å². The number of carbonyl (C=O) groups excluding carboxylic acids is 1. The number of nitrogens with zero attached hydrogens (tertiary/aromatic N) is 4. The molecule has 1 aliphatic rings. The van der Waals surface area contributed by atoms with Crippen LogP contribution in [0.1, 0.15) is 23.6 Å². The summed E-state index contributed by atoms with van der Waals surface area (Å²) in [5.41, 5.74) is 2.28. The number of aromatic amines is 1. The number of aryl methyl sites for hydroxylation is 1. The molecule has 2 heterocycles. The third-order valence-corrected chi connectivity index (χ3v) is 4.20. The van der Waals surface area contributed by atoms with Crippen LogP contribution < -0.4 is 5.32 Å². The summed E-state index contributed by atoms with van der Waals surface area (Å²) in [6.45, 7) is 0.153. The number of hydrogen-bond acceptors (Lipinski definition) is 6. The Morgan fingerprint density at radius 2 is 2.24 bits per heavy atom. The minimum Gasteiger partial charge on any atom is -0.348 e. The average Bonchev–Trinajstić information content (AvgIpc) is 3.28. The smallest absolute Gasteiger partial charge is 0.258 e. The molecule has 0 aliphatic heterocycles. The molecule has 3 aromatic rings. The summed E-state index contributed by atoms with van der Waals surface area (Å²) >= 11 is 0. The highest BCUT2D eigenvalue weighted by Crippen LogP contribution is 2.22. The van der Waals surface area contributed by atoms with Crippen molar-refractivity contribution in [2.75, 3.05) is 0 Å². The quantitative estimate of drug-likeness (QED) is 0.742. The van der Waals surface area contributed by atoms with Gasteiger partial charge in [-0.3, -0.25) is 4.79 Å². The lowest BCUT2D eigenvalue weighted by atomic mass is 9.89. The van der Waals surface area contributed by atoms with Crippen molar-refractivity contribution in [2.45, 2.75) is 25.8 Å². The third-order valence-electron chi connectivity index (χ3n) is 4.20. The normalized spacial score (nSPS) is 16.4. The first kappa shape index (κ1) is 15.4. The molecule has 0 saturated heterocycles. The molecule has 9 heteroatoms. The van der Waals surface area contributed by atoms with E-state index in [4.69, 9.17) is 4.52 Å². The van der Waals surface area contributed by atoms with Gasteiger partial charge in [-0.1, -0.05) is 11.2 Å². The Morgan fingerprint density at radius 3 is 3.12 bits per heavy atom. The molecule has 1 aromatic carbocycles. The highest BCUT2D eigenvalue weighted by Gasteiger charge is 2.27. The van der Waals surface area contributed by atoms with Crippen molar-refractivity contribution in [2.24, 2.45) is 5.92 Å². The van der Waals surface area contributed by atoms with Crippen LogP contribution in [0.4, 0.5) is 4.39 Å². The molecule has 0 fully saturated rings. The van der Waals surface area contributed by atoms with E-state index in [2.05, 4.69) is 30.9 Å². The number of halogens is 1. The molecular formula is C16H15FN6O2. The van der Waals surface area contributed by atoms with Crippen LogP contribution in [0.25, 0.3) is 11.5 Å². The third kappa shape index (κ3) is 3.25. The molecule has 4 rings (SSSR count). The molecule has 0 radical (unpaired) electrons. The van der Waals surface area contributed by atoms with Gasteiger partial charge in [0.1, 0.15) is 5.82 Å². The van der Waals surface area contributed by atoms with Crippen LogP contribution in [0.5, 0.6) is 0 Å². The van der Waals surface area contributed by atoms with E-state index in [1.807, 2.05) is 0 Å². The van der Waals surface area contributed by atoms with Gasteiger partial charge in [-0.25, -0.2) is 4.39 Å². The second kappa shape index (κ2) is 6.42. The summed E-state index contributed by atoms with van der Waals surface area (Å²) in [6, 6.07) is 5.90. The maximum atomic E-state index is 13.2. The highest BCUT2D eigenvalue weighted by atomic mass is 19.1. The van der Waals surface area contributed by atoms with E-state index in [9.17, 15) is 9.18 Å². The standard InChI is InChI=1S/C16H15FN6O2/c17-11-3-1-2-10(6-11)16-19-14(22-25-16)8-18-15(24)9-4-5-12-13(7-9)21-23-20-12/h1-3,6,9H,4-5,7-8H2,(H,18,24)(H,20,21,23). The van der Waals surface area contributed by atoms with Gasteiger partial charge in [-0.15, -0.1) is 0 Å². The molecule has 0 bridgehead atoms. The van der Waals surface area contributed by atoms with Gasteiger partial charge in [0.05, 0.1) is 17.9 Å². The maximum absolute atomic E-state index is 13.2. The Labute approximate surface area is 141 Å². The second-order valence-electron chi connectivity index (χ2n) is 5.90. The molecule has 8 nitrogen and oxygen atoms in total.